The van der Waals surface area contributed by atoms with Crippen molar-refractivity contribution in [2.75, 3.05) is 33.2 Å². The Morgan fingerprint density at radius 2 is 2.04 bits per heavy atom. The lowest BCUT2D eigenvalue weighted by Gasteiger charge is -2.49. The van der Waals surface area contributed by atoms with Crippen molar-refractivity contribution in [3.05, 3.63) is 35.5 Å². The van der Waals surface area contributed by atoms with Crippen molar-refractivity contribution in [3.63, 3.8) is 0 Å². The van der Waals surface area contributed by atoms with Crippen LogP contribution in [0.5, 0.6) is 0 Å². The summed E-state index contributed by atoms with van der Waals surface area (Å²) in [6, 6.07) is 8.16. The monoisotopic (exact) mass is 368 g/mol. The minimum absolute atomic E-state index is 0.0949. The number of fused-ring (bicyclic) bond motifs is 1. The lowest BCUT2D eigenvalue weighted by molar-refractivity contribution is -0.136. The summed E-state index contributed by atoms with van der Waals surface area (Å²) < 4.78 is 0. The normalized spacial score (nSPS) is 24.2. The van der Waals surface area contributed by atoms with E-state index in [1.807, 2.05) is 24.0 Å². The van der Waals surface area contributed by atoms with E-state index in [0.29, 0.717) is 25.9 Å². The molecular weight excluding hydrogens is 340 g/mol. The van der Waals surface area contributed by atoms with Crippen LogP contribution in [-0.4, -0.2) is 65.4 Å². The van der Waals surface area contributed by atoms with Gasteiger partial charge in [0.15, 0.2) is 0 Å². The molecule has 1 atom stereocenters. The summed E-state index contributed by atoms with van der Waals surface area (Å²) in [6.07, 6.45) is 2.66. The molecule has 6 nitrogen and oxygen atoms in total. The molecule has 2 aliphatic heterocycles. The van der Waals surface area contributed by atoms with E-state index in [9.17, 15) is 9.59 Å². The largest absolute Gasteiger partial charge is 0.358 e. The maximum Gasteiger partial charge on any atom is 0.227 e. The number of rotatable bonds is 2. The summed E-state index contributed by atoms with van der Waals surface area (Å²) in [6.45, 7) is 5.04. The average Bonchev–Trinajstić information content (AvgIpc) is 2.84. The van der Waals surface area contributed by atoms with Crippen molar-refractivity contribution < 1.29 is 9.59 Å². The standard InChI is InChI=1S/C21H28N4O2/c1-15-17(16-5-3-4-6-18(16)23-15)13-20(27)25-12-11-24(2)21(14-25)8-7-19(26)22-10-9-21/h3-6,23H,7-14H2,1-2H3,(H,22,26). The lowest BCUT2D eigenvalue weighted by atomic mass is 9.86. The minimum Gasteiger partial charge on any atom is -0.358 e. The number of carbonyl (C=O) groups is 2. The molecule has 0 radical (unpaired) electrons. The van der Waals surface area contributed by atoms with Crippen molar-refractivity contribution in [2.45, 2.75) is 38.1 Å². The SMILES string of the molecule is Cc1[nH]c2ccccc2c1CC(=O)N1CCN(C)C2(CCNC(=O)CC2)C1. The molecule has 1 aromatic carbocycles. The number of aromatic nitrogens is 1. The number of benzene rings is 1. The first-order valence-corrected chi connectivity index (χ1v) is 9.80. The Morgan fingerprint density at radius 1 is 1.22 bits per heavy atom. The topological polar surface area (TPSA) is 68.4 Å². The molecule has 0 bridgehead atoms. The van der Waals surface area contributed by atoms with Gasteiger partial charge in [0.05, 0.1) is 6.42 Å². The molecule has 2 amide bonds. The first kappa shape index (κ1) is 18.0. The van der Waals surface area contributed by atoms with E-state index >= 15 is 0 Å². The fourth-order valence-corrected chi connectivity index (χ4v) is 4.64. The van der Waals surface area contributed by atoms with Gasteiger partial charge in [-0.25, -0.2) is 0 Å². The summed E-state index contributed by atoms with van der Waals surface area (Å²) >= 11 is 0. The summed E-state index contributed by atoms with van der Waals surface area (Å²) in [5.74, 6) is 0.303. The van der Waals surface area contributed by atoms with Crippen LogP contribution < -0.4 is 5.32 Å². The molecule has 144 valence electrons. The zero-order valence-corrected chi connectivity index (χ0v) is 16.2. The van der Waals surface area contributed by atoms with Gasteiger partial charge in [-0.3, -0.25) is 14.5 Å². The number of carbonyl (C=O) groups excluding carboxylic acids is 2. The van der Waals surface area contributed by atoms with E-state index in [1.165, 1.54) is 0 Å². The van der Waals surface area contributed by atoms with Crippen molar-refractivity contribution in [2.24, 2.45) is 0 Å². The van der Waals surface area contributed by atoms with Gasteiger partial charge in [0.2, 0.25) is 11.8 Å². The van der Waals surface area contributed by atoms with E-state index in [-0.39, 0.29) is 17.4 Å². The van der Waals surface area contributed by atoms with Crippen LogP contribution in [0, 0.1) is 6.92 Å². The fourth-order valence-electron chi connectivity index (χ4n) is 4.64. The highest BCUT2D eigenvalue weighted by Gasteiger charge is 2.42. The van der Waals surface area contributed by atoms with Gasteiger partial charge >= 0.3 is 0 Å². The third kappa shape index (κ3) is 3.34. The summed E-state index contributed by atoms with van der Waals surface area (Å²) in [5.41, 5.74) is 3.16. The highest BCUT2D eigenvalue weighted by atomic mass is 16.2. The number of nitrogens with zero attached hydrogens (tertiary/aromatic N) is 2. The summed E-state index contributed by atoms with van der Waals surface area (Å²) in [7, 11) is 2.13. The van der Waals surface area contributed by atoms with Crippen molar-refractivity contribution >= 4 is 22.7 Å². The van der Waals surface area contributed by atoms with Crippen LogP contribution in [0.1, 0.15) is 30.5 Å². The Bertz CT molecular complexity index is 874. The Labute approximate surface area is 159 Å². The predicted octanol–water partition coefficient (Wildman–Crippen LogP) is 1.83. The summed E-state index contributed by atoms with van der Waals surface area (Å²) in [5, 5.41) is 4.11. The second-order valence-corrected chi connectivity index (χ2v) is 8.01. The lowest BCUT2D eigenvalue weighted by Crippen LogP contribution is -2.62. The highest BCUT2D eigenvalue weighted by Crippen LogP contribution is 2.31. The minimum atomic E-state index is -0.0949. The second-order valence-electron chi connectivity index (χ2n) is 8.01. The van der Waals surface area contributed by atoms with Gasteiger partial charge < -0.3 is 15.2 Å². The third-order valence-electron chi connectivity index (χ3n) is 6.44. The molecule has 3 heterocycles. The van der Waals surface area contributed by atoms with Crippen molar-refractivity contribution in [1.82, 2.24) is 20.1 Å². The molecule has 1 aromatic heterocycles. The molecule has 2 N–H and O–H groups in total. The van der Waals surface area contributed by atoms with Crippen LogP contribution in [0.25, 0.3) is 10.9 Å². The zero-order valence-electron chi connectivity index (χ0n) is 16.2. The van der Waals surface area contributed by atoms with Gasteiger partial charge in [0.25, 0.3) is 0 Å². The number of H-pyrrole nitrogens is 1. The van der Waals surface area contributed by atoms with Gasteiger partial charge in [-0.2, -0.15) is 0 Å². The Morgan fingerprint density at radius 3 is 2.89 bits per heavy atom. The number of hydrogen-bond donors (Lipinski definition) is 2. The molecule has 1 unspecified atom stereocenters. The molecule has 0 saturated carbocycles. The summed E-state index contributed by atoms with van der Waals surface area (Å²) in [4.78, 5) is 32.7. The molecule has 2 aromatic rings. The third-order valence-corrected chi connectivity index (χ3v) is 6.44. The second kappa shape index (κ2) is 7.00. The molecule has 1 spiro atoms. The Hall–Kier alpha value is -2.34. The predicted molar refractivity (Wildman–Crippen MR) is 106 cm³/mol. The fraction of sp³-hybridized carbons (Fsp3) is 0.524. The van der Waals surface area contributed by atoms with Gasteiger partial charge in [0.1, 0.15) is 0 Å². The van der Waals surface area contributed by atoms with E-state index in [4.69, 9.17) is 0 Å². The number of amides is 2. The Kier molecular flexibility index (Phi) is 4.68. The smallest absolute Gasteiger partial charge is 0.227 e. The number of nitrogens with one attached hydrogen (secondary N) is 2. The van der Waals surface area contributed by atoms with Crippen LogP contribution in [-0.2, 0) is 16.0 Å². The number of likely N-dealkylation sites (N-methyl/N-ethyl adjacent to an activating group) is 1. The van der Waals surface area contributed by atoms with E-state index < -0.39 is 0 Å². The quantitative estimate of drug-likeness (QED) is 0.850. The van der Waals surface area contributed by atoms with Crippen LogP contribution >= 0.6 is 0 Å². The number of aromatic amines is 1. The first-order chi connectivity index (χ1) is 13.0. The maximum absolute atomic E-state index is 13.2. The number of para-hydroxylation sites is 1. The average molecular weight is 368 g/mol. The van der Waals surface area contributed by atoms with Crippen molar-refractivity contribution in [1.29, 1.82) is 0 Å². The van der Waals surface area contributed by atoms with Crippen LogP contribution in [0.15, 0.2) is 24.3 Å². The van der Waals surface area contributed by atoms with E-state index in [2.05, 4.69) is 34.4 Å². The number of piperazine rings is 1. The Balaban J connectivity index is 1.53. The molecule has 6 heteroatoms. The molecule has 0 aliphatic carbocycles. The highest BCUT2D eigenvalue weighted by molar-refractivity contribution is 5.90. The molecule has 2 aliphatic rings. The van der Waals surface area contributed by atoms with E-state index in [1.54, 1.807) is 0 Å². The molecule has 2 saturated heterocycles. The molecular formula is C21H28N4O2. The van der Waals surface area contributed by atoms with Gasteiger partial charge in [-0.15, -0.1) is 0 Å². The van der Waals surface area contributed by atoms with Gasteiger partial charge in [-0.05, 0) is 38.4 Å². The molecule has 2 fully saturated rings. The number of aryl methyl sites for hydroxylation is 1. The first-order valence-electron chi connectivity index (χ1n) is 9.80. The van der Waals surface area contributed by atoms with E-state index in [0.717, 1.165) is 48.1 Å². The van der Waals surface area contributed by atoms with Crippen LogP contribution in [0.3, 0.4) is 0 Å². The van der Waals surface area contributed by atoms with Crippen LogP contribution in [0.4, 0.5) is 0 Å². The molecule has 4 rings (SSSR count). The zero-order chi connectivity index (χ0) is 19.0. The van der Waals surface area contributed by atoms with Crippen LogP contribution in [0.2, 0.25) is 0 Å². The van der Waals surface area contributed by atoms with Gasteiger partial charge in [0, 0.05) is 54.7 Å². The molecule has 27 heavy (non-hydrogen) atoms. The van der Waals surface area contributed by atoms with Crippen molar-refractivity contribution in [3.8, 4) is 0 Å². The maximum atomic E-state index is 13.2. The number of hydrogen-bond acceptors (Lipinski definition) is 3. The van der Waals surface area contributed by atoms with Gasteiger partial charge in [-0.1, -0.05) is 18.2 Å².